The molecule has 0 saturated carbocycles. The van der Waals surface area contributed by atoms with Crippen LogP contribution in [0.25, 0.3) is 0 Å². The maximum absolute atomic E-state index is 6.38. The molecule has 4 atom stereocenters. The van der Waals surface area contributed by atoms with E-state index in [1.165, 1.54) is 0 Å². The molecular formula is C14H17AsO6. The molecule has 4 fully saturated rings. The number of benzene rings is 1. The zero-order valence-electron chi connectivity index (χ0n) is 11.4. The Bertz CT molecular complexity index is 504. The number of ether oxygens (including phenoxy) is 2. The third-order valence-corrected chi connectivity index (χ3v) is 12.1. The third-order valence-electron chi connectivity index (χ3n) is 4.40. The van der Waals surface area contributed by atoms with Crippen LogP contribution < -0.4 is 4.35 Å². The molecular weight excluding hydrogens is 339 g/mol. The molecule has 0 aliphatic carbocycles. The monoisotopic (exact) mass is 356 g/mol. The second kappa shape index (κ2) is 4.30. The Hall–Kier alpha value is -0.462. The molecule has 1 spiro atoms. The van der Waals surface area contributed by atoms with Crippen LogP contribution in [0, 0.1) is 0 Å². The molecule has 7 heteroatoms. The van der Waals surface area contributed by atoms with Crippen LogP contribution in [0.3, 0.4) is 0 Å². The Morgan fingerprint density at radius 1 is 0.667 bits per heavy atom. The summed E-state index contributed by atoms with van der Waals surface area (Å²) in [5, 5.41) is 0. The van der Waals surface area contributed by atoms with Gasteiger partial charge < -0.3 is 0 Å². The molecule has 0 unspecified atom stereocenters. The molecule has 6 nitrogen and oxygen atoms in total. The summed E-state index contributed by atoms with van der Waals surface area (Å²) < 4.78 is 37.3. The van der Waals surface area contributed by atoms with Crippen LogP contribution in [0.15, 0.2) is 30.3 Å². The Morgan fingerprint density at radius 3 is 1.52 bits per heavy atom. The van der Waals surface area contributed by atoms with Crippen molar-refractivity contribution in [3.05, 3.63) is 30.3 Å². The van der Waals surface area contributed by atoms with Gasteiger partial charge in [0.2, 0.25) is 0 Å². The van der Waals surface area contributed by atoms with E-state index in [1.807, 2.05) is 30.3 Å². The van der Waals surface area contributed by atoms with Gasteiger partial charge in [-0.3, -0.25) is 0 Å². The SMILES string of the molecule is c1ccc([As]23(O[C@H]4COC[C@H]4O2)O[C@H]2COC[C@H]2O3)cc1. The molecule has 4 heterocycles. The van der Waals surface area contributed by atoms with E-state index < -0.39 is 13.8 Å². The van der Waals surface area contributed by atoms with Gasteiger partial charge in [-0.15, -0.1) is 0 Å². The Balaban J connectivity index is 1.62. The zero-order valence-corrected chi connectivity index (χ0v) is 13.3. The number of hydrogen-bond donors (Lipinski definition) is 0. The van der Waals surface area contributed by atoms with E-state index in [-0.39, 0.29) is 24.4 Å². The molecule has 114 valence electrons. The molecule has 4 aliphatic heterocycles. The van der Waals surface area contributed by atoms with Crippen LogP contribution in [-0.2, 0) is 24.4 Å². The van der Waals surface area contributed by atoms with Crippen LogP contribution in [-0.4, -0.2) is 64.7 Å². The average Bonchev–Trinajstić information content (AvgIpc) is 3.20. The second-order valence-corrected chi connectivity index (χ2v) is 12.1. The summed E-state index contributed by atoms with van der Waals surface area (Å²) in [6, 6.07) is 9.85. The van der Waals surface area contributed by atoms with Crippen LogP contribution in [0.4, 0.5) is 0 Å². The van der Waals surface area contributed by atoms with Gasteiger partial charge in [-0.05, 0) is 0 Å². The molecule has 0 aromatic heterocycles. The van der Waals surface area contributed by atoms with Gasteiger partial charge in [-0.1, -0.05) is 0 Å². The summed E-state index contributed by atoms with van der Waals surface area (Å²) >= 11 is -4.40. The van der Waals surface area contributed by atoms with Crippen LogP contribution >= 0.6 is 0 Å². The summed E-state index contributed by atoms with van der Waals surface area (Å²) in [5.74, 6) is 0. The summed E-state index contributed by atoms with van der Waals surface area (Å²) in [6.07, 6.45) is -0.404. The summed E-state index contributed by atoms with van der Waals surface area (Å²) in [6.45, 7) is 2.14. The van der Waals surface area contributed by atoms with Gasteiger partial charge in [-0.2, -0.15) is 0 Å². The van der Waals surface area contributed by atoms with Crippen molar-refractivity contribution in [2.45, 2.75) is 24.4 Å². The summed E-state index contributed by atoms with van der Waals surface area (Å²) in [7, 11) is 0. The normalized spacial score (nSPS) is 44.3. The Labute approximate surface area is 124 Å². The first kappa shape index (κ1) is 13.0. The van der Waals surface area contributed by atoms with Crippen molar-refractivity contribution in [3.8, 4) is 0 Å². The molecule has 1 aromatic carbocycles. The van der Waals surface area contributed by atoms with E-state index in [4.69, 9.17) is 24.4 Å². The van der Waals surface area contributed by atoms with Gasteiger partial charge in [0, 0.05) is 0 Å². The van der Waals surface area contributed by atoms with E-state index in [2.05, 4.69) is 0 Å². The van der Waals surface area contributed by atoms with E-state index in [1.54, 1.807) is 0 Å². The molecule has 21 heavy (non-hydrogen) atoms. The number of hydrogen-bond acceptors (Lipinski definition) is 6. The molecule has 4 aliphatic rings. The van der Waals surface area contributed by atoms with Gasteiger partial charge in [0.25, 0.3) is 0 Å². The van der Waals surface area contributed by atoms with E-state index in [9.17, 15) is 0 Å². The maximum atomic E-state index is 6.38. The van der Waals surface area contributed by atoms with E-state index in [0.29, 0.717) is 26.4 Å². The van der Waals surface area contributed by atoms with Crippen molar-refractivity contribution in [2.75, 3.05) is 26.4 Å². The first-order valence-corrected chi connectivity index (χ1v) is 11.3. The molecule has 0 amide bonds. The third kappa shape index (κ3) is 1.70. The molecule has 5 rings (SSSR count). The predicted molar refractivity (Wildman–Crippen MR) is 73.0 cm³/mol. The molecule has 0 radical (unpaired) electrons. The van der Waals surface area contributed by atoms with Crippen LogP contribution in [0.1, 0.15) is 0 Å². The minimum absolute atomic E-state index is 0.101. The topological polar surface area (TPSA) is 55.4 Å². The molecule has 1 aromatic rings. The number of fused-ring (bicyclic) bond motifs is 2. The fraction of sp³-hybridized carbons (Fsp3) is 0.571. The standard InChI is InChI=1S/C14H17AsO6/c1-2-4-10(5-3-1)15(18-11-6-16-7-12(11)19-15)20-13-8-17-9-14(13)21-15/h1-5,11-14H,6-9H2/t11-,12+,13-,14+. The van der Waals surface area contributed by atoms with Gasteiger partial charge in [0.1, 0.15) is 0 Å². The van der Waals surface area contributed by atoms with Crippen molar-refractivity contribution in [1.29, 1.82) is 0 Å². The fourth-order valence-electron chi connectivity index (χ4n) is 3.42. The fourth-order valence-corrected chi connectivity index (χ4v) is 12.0. The van der Waals surface area contributed by atoms with Gasteiger partial charge in [-0.25, -0.2) is 0 Å². The van der Waals surface area contributed by atoms with E-state index in [0.717, 1.165) is 4.35 Å². The number of rotatable bonds is 1. The van der Waals surface area contributed by atoms with Crippen molar-refractivity contribution >= 4 is 18.2 Å². The zero-order chi connectivity index (χ0) is 13.9. The van der Waals surface area contributed by atoms with E-state index >= 15 is 0 Å². The van der Waals surface area contributed by atoms with Gasteiger partial charge >= 0.3 is 124 Å². The average molecular weight is 356 g/mol. The second-order valence-electron chi connectivity index (χ2n) is 5.80. The van der Waals surface area contributed by atoms with Crippen molar-refractivity contribution in [1.82, 2.24) is 0 Å². The Kier molecular flexibility index (Phi) is 2.66. The van der Waals surface area contributed by atoms with Crippen molar-refractivity contribution in [2.24, 2.45) is 0 Å². The van der Waals surface area contributed by atoms with Gasteiger partial charge in [0.15, 0.2) is 0 Å². The van der Waals surface area contributed by atoms with Gasteiger partial charge in [0.05, 0.1) is 0 Å². The van der Waals surface area contributed by atoms with Crippen LogP contribution in [0.2, 0.25) is 0 Å². The first-order chi connectivity index (χ1) is 10.3. The van der Waals surface area contributed by atoms with Crippen LogP contribution in [0.5, 0.6) is 0 Å². The van der Waals surface area contributed by atoms with Crippen molar-refractivity contribution in [3.63, 3.8) is 0 Å². The summed E-state index contributed by atoms with van der Waals surface area (Å²) in [5.41, 5.74) is 0. The van der Waals surface area contributed by atoms with Crippen molar-refractivity contribution < 1.29 is 24.4 Å². The summed E-state index contributed by atoms with van der Waals surface area (Å²) in [4.78, 5) is 0. The molecule has 0 N–H and O–H groups in total. The quantitative estimate of drug-likeness (QED) is 0.656. The predicted octanol–water partition coefficient (Wildman–Crippen LogP) is -0.0884. The molecule has 0 bridgehead atoms. The molecule has 4 saturated heterocycles. The Morgan fingerprint density at radius 2 is 1.10 bits per heavy atom. The minimum atomic E-state index is -4.40. The first-order valence-electron chi connectivity index (χ1n) is 7.26.